The highest BCUT2D eigenvalue weighted by molar-refractivity contribution is 6.75. The van der Waals surface area contributed by atoms with Crippen LogP contribution in [-0.4, -0.2) is 155 Å². The predicted octanol–water partition coefficient (Wildman–Crippen LogP) is 21.4. The Morgan fingerprint density at radius 3 is 0.968 bits per heavy atom. The van der Waals surface area contributed by atoms with E-state index in [1.165, 1.54) is 24.3 Å². The van der Waals surface area contributed by atoms with Crippen molar-refractivity contribution in [1.82, 2.24) is 18.8 Å². The average molecular weight is 1790 g/mol. The van der Waals surface area contributed by atoms with Gasteiger partial charge in [-0.2, -0.15) is 0 Å². The van der Waals surface area contributed by atoms with Gasteiger partial charge in [0.25, 0.3) is 5.69 Å². The monoisotopic (exact) mass is 1790 g/mol. The number of ketones is 6. The summed E-state index contributed by atoms with van der Waals surface area (Å²) in [5.74, 6) is 0.479. The second-order valence-electron chi connectivity index (χ2n) is 37.7. The molecule has 4 aromatic heterocycles. The molecule has 126 heavy (non-hydrogen) atoms. The fraction of sp³-hybridized carbons (Fsp3) is 0.440. The van der Waals surface area contributed by atoms with Crippen LogP contribution in [0.2, 0.25) is 72.5 Å². The van der Waals surface area contributed by atoms with Gasteiger partial charge in [-0.1, -0.05) is 204 Å². The van der Waals surface area contributed by atoms with Gasteiger partial charge in [0.05, 0.1) is 47.6 Å². The molecule has 22 nitrogen and oxygen atoms in total. The van der Waals surface area contributed by atoms with Crippen molar-refractivity contribution in [2.75, 3.05) is 58.5 Å². The molecule has 0 aliphatic heterocycles. The second-order valence-corrected chi connectivity index (χ2v) is 56.9. The first kappa shape index (κ1) is 107. The Labute approximate surface area is 752 Å². The molecule has 0 radical (unpaired) electrons. The summed E-state index contributed by atoms with van der Waals surface area (Å²) in [6.45, 7) is 48.0. The van der Waals surface area contributed by atoms with Gasteiger partial charge >= 0.3 is 0 Å². The van der Waals surface area contributed by atoms with E-state index in [2.05, 4.69) is 164 Å². The van der Waals surface area contributed by atoms with Crippen LogP contribution in [0, 0.1) is 10.1 Å². The Kier molecular flexibility index (Phi) is 42.7. The van der Waals surface area contributed by atoms with Crippen LogP contribution in [0.4, 0.5) is 11.4 Å². The van der Waals surface area contributed by atoms with Crippen molar-refractivity contribution in [3.8, 4) is 22.3 Å². The molecule has 0 aliphatic rings. The minimum atomic E-state index is -1.79. The minimum Gasteiger partial charge on any atom is -0.417 e. The number of anilines is 1. The van der Waals surface area contributed by atoms with Crippen LogP contribution >= 0.6 is 0 Å². The number of carbonyl (C=O) groups excluding carboxylic acids is 6. The second kappa shape index (κ2) is 50.3. The van der Waals surface area contributed by atoms with Gasteiger partial charge < -0.3 is 53.9 Å². The Morgan fingerprint density at radius 1 is 0.389 bits per heavy atom. The van der Waals surface area contributed by atoms with Gasteiger partial charge in [0.1, 0.15) is 11.6 Å². The first-order valence-corrected chi connectivity index (χ1v) is 55.3. The van der Waals surface area contributed by atoms with Crippen LogP contribution in [-0.2, 0) is 53.0 Å². The summed E-state index contributed by atoms with van der Waals surface area (Å²) in [5.41, 5.74) is 28.7. The molecule has 0 bridgehead atoms. The average Bonchev–Trinajstić information content (AvgIpc) is 1.60. The van der Waals surface area contributed by atoms with Crippen molar-refractivity contribution < 1.29 is 61.6 Å². The zero-order valence-corrected chi connectivity index (χ0v) is 82.5. The van der Waals surface area contributed by atoms with Crippen molar-refractivity contribution in [2.24, 2.45) is 11.5 Å². The lowest BCUT2D eigenvalue weighted by Gasteiger charge is -2.36. The van der Waals surface area contributed by atoms with Crippen LogP contribution in [0.1, 0.15) is 198 Å². The highest BCUT2D eigenvalue weighted by Gasteiger charge is 2.40. The maximum atomic E-state index is 13.2. The topological polar surface area (TPSA) is 336 Å². The number of nitrogens with zero attached hydrogens (tertiary/aromatic N) is 5. The minimum absolute atomic E-state index is 0.00203. The number of Topliss-reactive ketones (excluding diaryl/α,β-unsaturated/α-hetero) is 6. The largest absolute Gasteiger partial charge is 0.417 e. The number of non-ortho nitro benzene ring substituents is 1. The van der Waals surface area contributed by atoms with Crippen molar-refractivity contribution in [1.29, 1.82) is 0 Å². The molecule has 26 heteroatoms. The molecule has 10 aromatic rings. The molecule has 6 aromatic carbocycles. The van der Waals surface area contributed by atoms with Crippen LogP contribution in [0.25, 0.3) is 33.3 Å². The summed E-state index contributed by atoms with van der Waals surface area (Å²) in [6.07, 6.45) is 12.6. The van der Waals surface area contributed by atoms with Gasteiger partial charge in [-0.05, 0) is 169 Å². The number of nitro benzene ring substituents is 1. The highest BCUT2D eigenvalue weighted by atomic mass is 28.4. The molecule has 0 aliphatic carbocycles. The third kappa shape index (κ3) is 34.6. The van der Waals surface area contributed by atoms with E-state index in [0.717, 1.165) is 74.2 Å². The summed E-state index contributed by atoms with van der Waals surface area (Å²) >= 11 is 0. The number of hydrogen-bond acceptors (Lipinski definition) is 19. The number of fused-ring (bicyclic) bond motifs is 2. The fourth-order valence-corrected chi connectivity index (χ4v) is 16.2. The zero-order chi connectivity index (χ0) is 93.9. The number of aliphatic hydroxyl groups is 2. The molecule has 0 atom stereocenters. The Morgan fingerprint density at radius 2 is 0.683 bits per heavy atom. The molecule has 0 amide bonds. The number of rotatable bonds is 37. The van der Waals surface area contributed by atoms with Gasteiger partial charge in [-0.25, -0.2) is 9.97 Å². The van der Waals surface area contributed by atoms with Crippen LogP contribution in [0.15, 0.2) is 207 Å². The van der Waals surface area contributed by atoms with Gasteiger partial charge in [-0.3, -0.25) is 38.9 Å². The molecule has 0 spiro atoms. The number of imidazole rings is 2. The first-order chi connectivity index (χ1) is 59.1. The summed E-state index contributed by atoms with van der Waals surface area (Å²) in [4.78, 5) is 93.5. The molecule has 0 saturated heterocycles. The smallest absolute Gasteiger partial charge is 0.269 e. The third-order valence-electron chi connectivity index (χ3n) is 23.8. The van der Waals surface area contributed by atoms with Gasteiger partial charge in [0, 0.05) is 160 Å². The van der Waals surface area contributed by atoms with E-state index in [9.17, 15) is 38.9 Å². The maximum Gasteiger partial charge on any atom is 0.269 e. The van der Waals surface area contributed by atoms with Crippen molar-refractivity contribution in [2.45, 2.75) is 233 Å². The molecule has 0 fully saturated rings. The molecular weight excluding hydrogens is 1650 g/mol. The lowest BCUT2D eigenvalue weighted by molar-refractivity contribution is -0.384. The highest BCUT2D eigenvalue weighted by Crippen LogP contribution is 2.40. The van der Waals surface area contributed by atoms with Gasteiger partial charge in [0.2, 0.25) is 0 Å². The standard InChI is InChI=1S/C32H38N2O3Si.C26H24N2O3.C16H25NO4Si.C16H27NO2Si.C8H21NOSi.C2H7NO/c1-32(2,3)38(4,5)37-19-9-12-31(36)26-15-13-24(14-16-26)20-28(35)21-30-29(25-10-7-6-8-11-25)18-17-27-22-33-23-34(27)30;29-14-4-7-26(31)21-10-8-19(9-11-21)15-23(30)16-25-24(20-5-2-1-3-6-20)13-12-22-17-27-18-28(22)25;1-16(2,3)22(4,5)21-12-6-7-15(18)13-8-10-14(11-9-13)17(19)20;1-16(2,3)20(4,5)19-12-6-7-15(18)13-8-10-14(17)11-9-13;1-8(2,3)11(4,5)10-7-6-9;3-1-2-4/h6-8,10-11,13-18,22-23H,9,12,19-21H2,1-5H3;1-3,5-6,8-13,17-18,29H,4,7,14-16H2;8-11H,6-7,12H2,1-5H3;8-11H,6-7,12,17H2,1-5H3;6-7,9H2,1-5H3;4H,1-3H2. The lowest BCUT2D eigenvalue weighted by atomic mass is 9.97. The van der Waals surface area contributed by atoms with E-state index in [4.69, 9.17) is 45.1 Å². The predicted molar refractivity (Wildman–Crippen MR) is 522 cm³/mol. The van der Waals surface area contributed by atoms with Crippen LogP contribution in [0.3, 0.4) is 0 Å². The Balaban J connectivity index is 0.000000289. The molecular formula is C100H142N8O14Si4. The molecule has 0 unspecified atom stereocenters. The molecule has 4 heterocycles. The first-order valence-electron chi connectivity index (χ1n) is 43.7. The van der Waals surface area contributed by atoms with Crippen molar-refractivity contribution in [3.63, 3.8) is 0 Å². The summed E-state index contributed by atoms with van der Waals surface area (Å²) in [7, 11) is -6.75. The third-order valence-corrected chi connectivity index (χ3v) is 41.9. The number of nitro groups is 1. The Bertz CT molecular complexity index is 5050. The maximum absolute atomic E-state index is 13.2. The van der Waals surface area contributed by atoms with Crippen LogP contribution in [0.5, 0.6) is 0 Å². The lowest BCUT2D eigenvalue weighted by Crippen LogP contribution is -2.41. The molecule has 682 valence electrons. The van der Waals surface area contributed by atoms with E-state index in [0.29, 0.717) is 125 Å². The van der Waals surface area contributed by atoms with E-state index < -0.39 is 38.2 Å². The number of aliphatic hydroxyl groups excluding tert-OH is 2. The fourth-order valence-electron chi connectivity index (χ4n) is 11.9. The van der Waals surface area contributed by atoms with E-state index >= 15 is 0 Å². The summed E-state index contributed by atoms with van der Waals surface area (Å²) < 4.78 is 28.0. The number of nitrogen functional groups attached to an aromatic ring is 1. The van der Waals surface area contributed by atoms with E-state index in [-0.39, 0.29) is 75.1 Å². The van der Waals surface area contributed by atoms with E-state index in [1.54, 1.807) is 61.4 Å². The zero-order valence-electron chi connectivity index (χ0n) is 78.5. The SMILES string of the molecule is CC(C)(C)[Si](C)(C)OCCCC(=O)c1ccc(CC(=O)Cc2c(-c3ccccc3)ccc3cncn23)cc1.CC(C)(C)[Si](C)(C)OCCCC(=O)c1ccc(N)cc1.CC(C)(C)[Si](C)(C)OCCCC(=O)c1ccc([N+](=O)[O-])cc1.CC(C)(C)[Si](C)(C)OCCN.NCCO.O=C(Cc1ccc(C(=O)CCCO)cc1)Cc1c(-c2ccccc2)ccc2cncn12. The number of carbonyl (C=O) groups is 6. The molecule has 10 rings (SSSR count). The van der Waals surface area contributed by atoms with Crippen molar-refractivity contribution >= 4 is 90.4 Å². The van der Waals surface area contributed by atoms with Gasteiger partial charge in [0.15, 0.2) is 56.4 Å². The number of pyridine rings is 2. The molecule has 8 N–H and O–H groups in total. The normalized spacial score (nSPS) is 11.9. The number of benzene rings is 6. The number of hydrogen-bond donors (Lipinski definition) is 5. The van der Waals surface area contributed by atoms with Gasteiger partial charge in [-0.15, -0.1) is 0 Å². The van der Waals surface area contributed by atoms with Crippen LogP contribution < -0.4 is 17.2 Å². The number of aromatic nitrogens is 4. The Hall–Kier alpha value is -9.53. The summed E-state index contributed by atoms with van der Waals surface area (Å²) in [5, 5.41) is 28.1. The quantitative estimate of drug-likeness (QED) is 0.00603. The molecule has 0 saturated carbocycles. The number of nitrogens with two attached hydrogens (primary N) is 3. The van der Waals surface area contributed by atoms with Crippen molar-refractivity contribution in [3.05, 3.63) is 262 Å². The summed E-state index contributed by atoms with van der Waals surface area (Å²) in [6, 6.07) is 55.8. The van der Waals surface area contributed by atoms with E-state index in [1.807, 2.05) is 112 Å².